The molecule has 1 aromatic heterocycles. The molecule has 0 unspecified atom stereocenters. The Kier molecular flexibility index (Phi) is 5.04. The number of nitrogens with one attached hydrogen (secondary N) is 1. The molecule has 5 heteroatoms. The van der Waals surface area contributed by atoms with Gasteiger partial charge in [0.1, 0.15) is 5.82 Å². The van der Waals surface area contributed by atoms with Crippen molar-refractivity contribution in [2.75, 3.05) is 0 Å². The summed E-state index contributed by atoms with van der Waals surface area (Å²) in [5, 5.41) is 3.23. The summed E-state index contributed by atoms with van der Waals surface area (Å²) in [4.78, 5) is 17.4. The third-order valence-corrected chi connectivity index (χ3v) is 6.13. The summed E-state index contributed by atoms with van der Waals surface area (Å²) in [5.41, 5.74) is 3.60. The van der Waals surface area contributed by atoms with Gasteiger partial charge in [0.2, 0.25) is 0 Å². The van der Waals surface area contributed by atoms with Crippen LogP contribution in [0.25, 0.3) is 16.7 Å². The Morgan fingerprint density at radius 2 is 1.89 bits per heavy atom. The molecule has 1 N–H and O–H groups in total. The van der Waals surface area contributed by atoms with E-state index in [4.69, 9.17) is 0 Å². The molecule has 0 aliphatic heterocycles. The highest BCUT2D eigenvalue weighted by Crippen LogP contribution is 2.26. The molecule has 1 fully saturated rings. The van der Waals surface area contributed by atoms with Crippen LogP contribution >= 0.6 is 15.9 Å². The minimum absolute atomic E-state index is 0.00601. The van der Waals surface area contributed by atoms with Gasteiger partial charge < -0.3 is 5.32 Å². The number of carbonyl (C=O) groups excluding carboxylic acids is 1. The van der Waals surface area contributed by atoms with Crippen LogP contribution in [-0.2, 0) is 0 Å². The summed E-state index contributed by atoms with van der Waals surface area (Å²) in [7, 11) is 0. The third-order valence-electron chi connectivity index (χ3n) is 5.60. The number of nitrogens with zero attached hydrogens (tertiary/aromatic N) is 2. The second kappa shape index (κ2) is 7.47. The topological polar surface area (TPSA) is 46.9 Å². The van der Waals surface area contributed by atoms with Gasteiger partial charge in [-0.15, -0.1) is 0 Å². The van der Waals surface area contributed by atoms with Crippen LogP contribution in [0.4, 0.5) is 0 Å². The van der Waals surface area contributed by atoms with Crippen LogP contribution in [0, 0.1) is 12.8 Å². The predicted octanol–water partition coefficient (Wildman–Crippen LogP) is 5.40. The molecule has 0 bridgehead atoms. The zero-order valence-electron chi connectivity index (χ0n) is 15.7. The SMILES string of the molecule is Cc1nc2cc(C(=O)N[C@H]3CCCC[C@H]3C)ccc2n1-c1ccc(Br)cc1. The van der Waals surface area contributed by atoms with Crippen LogP contribution < -0.4 is 5.32 Å². The van der Waals surface area contributed by atoms with E-state index >= 15 is 0 Å². The smallest absolute Gasteiger partial charge is 0.251 e. The first-order valence-corrected chi connectivity index (χ1v) is 10.4. The molecule has 0 radical (unpaired) electrons. The molecule has 27 heavy (non-hydrogen) atoms. The normalized spacial score (nSPS) is 20.0. The van der Waals surface area contributed by atoms with Crippen molar-refractivity contribution in [1.29, 1.82) is 0 Å². The lowest BCUT2D eigenvalue weighted by Crippen LogP contribution is -2.41. The molecular weight excluding hydrogens is 402 g/mol. The first-order valence-electron chi connectivity index (χ1n) is 9.59. The maximum Gasteiger partial charge on any atom is 0.251 e. The highest BCUT2D eigenvalue weighted by molar-refractivity contribution is 9.10. The fourth-order valence-corrected chi connectivity index (χ4v) is 4.30. The van der Waals surface area contributed by atoms with Crippen LogP contribution in [-0.4, -0.2) is 21.5 Å². The zero-order chi connectivity index (χ0) is 19.0. The molecule has 1 heterocycles. The summed E-state index contributed by atoms with van der Waals surface area (Å²) in [6, 6.07) is 14.2. The van der Waals surface area contributed by atoms with Gasteiger partial charge in [0, 0.05) is 21.8 Å². The minimum Gasteiger partial charge on any atom is -0.349 e. The summed E-state index contributed by atoms with van der Waals surface area (Å²) in [5.74, 6) is 1.46. The Bertz CT molecular complexity index is 977. The van der Waals surface area contributed by atoms with E-state index in [0.717, 1.165) is 33.4 Å². The molecule has 2 aromatic carbocycles. The molecule has 140 valence electrons. The lowest BCUT2D eigenvalue weighted by Gasteiger charge is -2.29. The van der Waals surface area contributed by atoms with Crippen molar-refractivity contribution in [1.82, 2.24) is 14.9 Å². The molecule has 3 aromatic rings. The standard InChI is InChI=1S/C22H24BrN3O/c1-14-5-3-4-6-19(14)25-22(27)16-7-12-21-20(13-16)24-15(2)26(21)18-10-8-17(23)9-11-18/h7-14,19H,3-6H2,1-2H3,(H,25,27)/t14-,19+/m1/s1. The zero-order valence-corrected chi connectivity index (χ0v) is 17.3. The number of amides is 1. The number of carbonyl (C=O) groups is 1. The van der Waals surface area contributed by atoms with Gasteiger partial charge in [-0.2, -0.15) is 0 Å². The van der Waals surface area contributed by atoms with E-state index in [0.29, 0.717) is 11.5 Å². The van der Waals surface area contributed by atoms with Crippen molar-refractivity contribution in [3.05, 3.63) is 58.3 Å². The van der Waals surface area contributed by atoms with Crippen molar-refractivity contribution in [2.45, 2.75) is 45.6 Å². The lowest BCUT2D eigenvalue weighted by molar-refractivity contribution is 0.0910. The van der Waals surface area contributed by atoms with E-state index in [1.165, 1.54) is 19.3 Å². The molecule has 0 spiro atoms. The highest BCUT2D eigenvalue weighted by atomic mass is 79.9. The number of aromatic nitrogens is 2. The highest BCUT2D eigenvalue weighted by Gasteiger charge is 2.23. The molecular formula is C22H24BrN3O. The Hall–Kier alpha value is -2.14. The van der Waals surface area contributed by atoms with Gasteiger partial charge in [0.25, 0.3) is 5.91 Å². The molecule has 1 aliphatic carbocycles. The Morgan fingerprint density at radius 3 is 2.63 bits per heavy atom. The quantitative estimate of drug-likeness (QED) is 0.609. The Balaban J connectivity index is 1.63. The first-order chi connectivity index (χ1) is 13.0. The van der Waals surface area contributed by atoms with E-state index in [9.17, 15) is 4.79 Å². The van der Waals surface area contributed by atoms with Gasteiger partial charge in [-0.25, -0.2) is 4.98 Å². The number of fused-ring (bicyclic) bond motifs is 1. The predicted molar refractivity (Wildman–Crippen MR) is 112 cm³/mol. The van der Waals surface area contributed by atoms with Crippen molar-refractivity contribution >= 4 is 32.9 Å². The van der Waals surface area contributed by atoms with Crippen LogP contribution in [0.15, 0.2) is 46.9 Å². The number of rotatable bonds is 3. The van der Waals surface area contributed by atoms with Crippen molar-refractivity contribution in [3.8, 4) is 5.69 Å². The average molecular weight is 426 g/mol. The maximum atomic E-state index is 12.8. The lowest BCUT2D eigenvalue weighted by atomic mass is 9.86. The van der Waals surface area contributed by atoms with Crippen molar-refractivity contribution in [2.24, 2.45) is 5.92 Å². The van der Waals surface area contributed by atoms with Crippen LogP contribution in [0.1, 0.15) is 48.8 Å². The van der Waals surface area contributed by atoms with Crippen LogP contribution in [0.5, 0.6) is 0 Å². The molecule has 1 amide bonds. The molecule has 4 nitrogen and oxygen atoms in total. The number of imidazole rings is 1. The second-order valence-corrected chi connectivity index (χ2v) is 8.43. The van der Waals surface area contributed by atoms with Gasteiger partial charge >= 0.3 is 0 Å². The summed E-state index contributed by atoms with van der Waals surface area (Å²) in [6.45, 7) is 4.22. The second-order valence-electron chi connectivity index (χ2n) is 7.52. The third kappa shape index (κ3) is 3.65. The number of hydrogen-bond acceptors (Lipinski definition) is 2. The molecule has 0 saturated heterocycles. The fourth-order valence-electron chi connectivity index (χ4n) is 4.04. The summed E-state index contributed by atoms with van der Waals surface area (Å²) in [6.07, 6.45) is 4.74. The van der Waals surface area contributed by atoms with Crippen LogP contribution in [0.3, 0.4) is 0 Å². The number of hydrogen-bond donors (Lipinski definition) is 1. The molecule has 4 rings (SSSR count). The molecule has 1 saturated carbocycles. The number of halogens is 1. The van der Waals surface area contributed by atoms with E-state index in [1.807, 2.05) is 37.3 Å². The van der Waals surface area contributed by atoms with E-state index < -0.39 is 0 Å². The largest absolute Gasteiger partial charge is 0.349 e. The van der Waals surface area contributed by atoms with Gasteiger partial charge in [0.05, 0.1) is 11.0 Å². The summed E-state index contributed by atoms with van der Waals surface area (Å²) >= 11 is 3.48. The molecule has 1 aliphatic rings. The first kappa shape index (κ1) is 18.2. The number of aryl methyl sites for hydroxylation is 1. The summed E-state index contributed by atoms with van der Waals surface area (Å²) < 4.78 is 3.16. The Labute approximate surface area is 168 Å². The van der Waals surface area contributed by atoms with Gasteiger partial charge in [-0.1, -0.05) is 35.7 Å². The van der Waals surface area contributed by atoms with E-state index in [2.05, 4.69) is 49.9 Å². The van der Waals surface area contributed by atoms with E-state index in [1.54, 1.807) is 0 Å². The van der Waals surface area contributed by atoms with E-state index in [-0.39, 0.29) is 11.9 Å². The molecule has 2 atom stereocenters. The van der Waals surface area contributed by atoms with Crippen molar-refractivity contribution in [3.63, 3.8) is 0 Å². The van der Waals surface area contributed by atoms with Gasteiger partial charge in [-0.05, 0) is 68.1 Å². The number of benzene rings is 2. The Morgan fingerprint density at radius 1 is 1.15 bits per heavy atom. The van der Waals surface area contributed by atoms with Gasteiger partial charge in [0.15, 0.2) is 0 Å². The van der Waals surface area contributed by atoms with Gasteiger partial charge in [-0.3, -0.25) is 9.36 Å². The monoisotopic (exact) mass is 425 g/mol. The average Bonchev–Trinajstić information content (AvgIpc) is 2.99. The minimum atomic E-state index is 0.00601. The van der Waals surface area contributed by atoms with Crippen LogP contribution in [0.2, 0.25) is 0 Å². The van der Waals surface area contributed by atoms with Crippen molar-refractivity contribution < 1.29 is 4.79 Å². The maximum absolute atomic E-state index is 12.8. The fraction of sp³-hybridized carbons (Fsp3) is 0.364.